The molecule has 0 saturated carbocycles. The summed E-state index contributed by atoms with van der Waals surface area (Å²) in [6, 6.07) is 0. The van der Waals surface area contributed by atoms with Gasteiger partial charge in [0.2, 0.25) is 0 Å². The first kappa shape index (κ1) is 13.0. The molecule has 0 atom stereocenters. The van der Waals surface area contributed by atoms with Crippen LogP contribution in [0.3, 0.4) is 0 Å². The van der Waals surface area contributed by atoms with Gasteiger partial charge in [-0.3, -0.25) is 0 Å². The Morgan fingerprint density at radius 1 is 1.50 bits per heavy atom. The second-order valence-corrected chi connectivity index (χ2v) is 3.94. The normalized spacial score (nSPS) is 12.1. The molecule has 0 aromatic carbocycles. The average Bonchev–Trinajstić information content (AvgIpc) is 2.11. The van der Waals surface area contributed by atoms with E-state index in [1.54, 1.807) is 6.20 Å². The van der Waals surface area contributed by atoms with Crippen molar-refractivity contribution in [2.45, 2.75) is 19.4 Å². The van der Waals surface area contributed by atoms with E-state index in [1.807, 2.05) is 14.1 Å². The summed E-state index contributed by atoms with van der Waals surface area (Å²) >= 11 is 0. The quantitative estimate of drug-likeness (QED) is 0.521. The zero-order valence-electron chi connectivity index (χ0n) is 9.63. The number of nitrogens with one attached hydrogen (secondary N) is 1. The monoisotopic (exact) mass is 200 g/mol. The van der Waals surface area contributed by atoms with E-state index in [9.17, 15) is 4.79 Å². The summed E-state index contributed by atoms with van der Waals surface area (Å²) in [7, 11) is 5.40. The van der Waals surface area contributed by atoms with Crippen LogP contribution in [0.4, 0.5) is 0 Å². The Labute approximate surface area is 85.9 Å². The zero-order chi connectivity index (χ0) is 11.2. The molecule has 4 nitrogen and oxygen atoms in total. The molecule has 0 rings (SSSR count). The fourth-order valence-electron chi connectivity index (χ4n) is 0.662. The highest BCUT2D eigenvalue weighted by Crippen LogP contribution is 2.07. The van der Waals surface area contributed by atoms with Gasteiger partial charge in [-0.1, -0.05) is 0 Å². The molecule has 0 heterocycles. The van der Waals surface area contributed by atoms with Gasteiger partial charge in [-0.05, 0) is 27.9 Å². The Balaban J connectivity index is 3.84. The number of ether oxygens (including phenoxy) is 1. The van der Waals surface area contributed by atoms with E-state index in [-0.39, 0.29) is 11.5 Å². The lowest BCUT2D eigenvalue weighted by atomic mass is 10.1. The molecule has 0 aliphatic rings. The second-order valence-electron chi connectivity index (χ2n) is 3.94. The molecular formula is C10H20N2O2. The van der Waals surface area contributed by atoms with E-state index < -0.39 is 0 Å². The lowest BCUT2D eigenvalue weighted by Gasteiger charge is -2.32. The fourth-order valence-corrected chi connectivity index (χ4v) is 0.662. The van der Waals surface area contributed by atoms with Crippen molar-refractivity contribution in [2.75, 3.05) is 27.7 Å². The van der Waals surface area contributed by atoms with Gasteiger partial charge < -0.3 is 15.0 Å². The lowest BCUT2D eigenvalue weighted by Crippen LogP contribution is -2.45. The number of carbonyl (C=O) groups is 1. The SMILES string of the molecule is COC(=O)/C=C/NCC(C)(C)N(C)C. The topological polar surface area (TPSA) is 41.6 Å². The summed E-state index contributed by atoms with van der Waals surface area (Å²) < 4.78 is 4.45. The number of likely N-dealkylation sites (N-methyl/N-ethyl adjacent to an activating group) is 1. The Hall–Kier alpha value is -1.03. The van der Waals surface area contributed by atoms with Gasteiger partial charge in [-0.25, -0.2) is 4.79 Å². The van der Waals surface area contributed by atoms with Crippen molar-refractivity contribution >= 4 is 5.97 Å². The molecule has 0 aliphatic heterocycles. The van der Waals surface area contributed by atoms with E-state index in [0.717, 1.165) is 6.54 Å². The molecular weight excluding hydrogens is 180 g/mol. The maximum absolute atomic E-state index is 10.7. The van der Waals surface area contributed by atoms with Gasteiger partial charge in [0.05, 0.1) is 7.11 Å². The van der Waals surface area contributed by atoms with Crippen molar-refractivity contribution in [1.82, 2.24) is 10.2 Å². The van der Waals surface area contributed by atoms with Crippen molar-refractivity contribution in [3.8, 4) is 0 Å². The fraction of sp³-hybridized carbons (Fsp3) is 0.700. The third-order valence-electron chi connectivity index (χ3n) is 2.28. The van der Waals surface area contributed by atoms with Crippen LogP contribution in [0.15, 0.2) is 12.3 Å². The van der Waals surface area contributed by atoms with E-state index in [0.29, 0.717) is 0 Å². The maximum atomic E-state index is 10.7. The summed E-state index contributed by atoms with van der Waals surface area (Å²) in [5.41, 5.74) is 0.0560. The van der Waals surface area contributed by atoms with Gasteiger partial charge in [0.15, 0.2) is 0 Å². The minimum absolute atomic E-state index is 0.0560. The molecule has 82 valence electrons. The summed E-state index contributed by atoms with van der Waals surface area (Å²) in [6.07, 6.45) is 2.98. The maximum Gasteiger partial charge on any atom is 0.331 e. The van der Waals surface area contributed by atoms with Crippen LogP contribution in [-0.4, -0.2) is 44.2 Å². The molecule has 0 bridgehead atoms. The smallest absolute Gasteiger partial charge is 0.331 e. The van der Waals surface area contributed by atoms with Gasteiger partial charge in [0, 0.05) is 24.4 Å². The Morgan fingerprint density at radius 3 is 2.50 bits per heavy atom. The minimum Gasteiger partial charge on any atom is -0.466 e. The summed E-state index contributed by atoms with van der Waals surface area (Å²) in [6.45, 7) is 5.01. The van der Waals surface area contributed by atoms with Crippen molar-refractivity contribution in [1.29, 1.82) is 0 Å². The second kappa shape index (κ2) is 5.65. The number of esters is 1. The third kappa shape index (κ3) is 4.87. The minimum atomic E-state index is -0.347. The molecule has 0 aromatic rings. The van der Waals surface area contributed by atoms with Crippen LogP contribution in [0.25, 0.3) is 0 Å². The van der Waals surface area contributed by atoms with Crippen molar-refractivity contribution in [3.05, 3.63) is 12.3 Å². The van der Waals surface area contributed by atoms with Crippen molar-refractivity contribution < 1.29 is 9.53 Å². The Bertz CT molecular complexity index is 210. The number of nitrogens with zero attached hydrogens (tertiary/aromatic N) is 1. The molecule has 0 unspecified atom stereocenters. The highest BCUT2D eigenvalue weighted by molar-refractivity contribution is 5.81. The molecule has 14 heavy (non-hydrogen) atoms. The predicted octanol–water partition coefficient (Wildman–Crippen LogP) is 0.603. The summed E-state index contributed by atoms with van der Waals surface area (Å²) in [5.74, 6) is -0.347. The lowest BCUT2D eigenvalue weighted by molar-refractivity contribution is -0.134. The summed E-state index contributed by atoms with van der Waals surface area (Å²) in [5, 5.41) is 3.05. The van der Waals surface area contributed by atoms with Gasteiger partial charge >= 0.3 is 5.97 Å². The van der Waals surface area contributed by atoms with Crippen LogP contribution < -0.4 is 5.32 Å². The van der Waals surface area contributed by atoms with Crippen molar-refractivity contribution in [3.63, 3.8) is 0 Å². The van der Waals surface area contributed by atoms with E-state index in [4.69, 9.17) is 0 Å². The van der Waals surface area contributed by atoms with Crippen LogP contribution in [-0.2, 0) is 9.53 Å². The first-order valence-corrected chi connectivity index (χ1v) is 4.55. The Morgan fingerprint density at radius 2 is 2.07 bits per heavy atom. The predicted molar refractivity (Wildman–Crippen MR) is 56.9 cm³/mol. The molecule has 0 aliphatic carbocycles. The average molecular weight is 200 g/mol. The number of hydrogen-bond acceptors (Lipinski definition) is 4. The Kier molecular flexibility index (Phi) is 5.23. The first-order valence-electron chi connectivity index (χ1n) is 4.55. The van der Waals surface area contributed by atoms with Crippen LogP contribution in [0.2, 0.25) is 0 Å². The zero-order valence-corrected chi connectivity index (χ0v) is 9.63. The van der Waals surface area contributed by atoms with Crippen molar-refractivity contribution in [2.24, 2.45) is 0 Å². The number of carbonyl (C=O) groups excluding carboxylic acids is 1. The van der Waals surface area contributed by atoms with E-state index in [2.05, 4.69) is 28.8 Å². The van der Waals surface area contributed by atoms with E-state index in [1.165, 1.54) is 13.2 Å². The van der Waals surface area contributed by atoms with Gasteiger partial charge in [-0.15, -0.1) is 0 Å². The van der Waals surface area contributed by atoms with Gasteiger partial charge in [-0.2, -0.15) is 0 Å². The molecule has 0 radical (unpaired) electrons. The van der Waals surface area contributed by atoms with Crippen LogP contribution in [0.5, 0.6) is 0 Å². The number of rotatable bonds is 5. The largest absolute Gasteiger partial charge is 0.466 e. The standard InChI is InChI=1S/C10H20N2O2/c1-10(2,12(3)4)8-11-7-6-9(13)14-5/h6-7,11H,8H2,1-5H3/b7-6+. The molecule has 0 spiro atoms. The number of hydrogen-bond donors (Lipinski definition) is 1. The molecule has 1 N–H and O–H groups in total. The highest BCUT2D eigenvalue weighted by atomic mass is 16.5. The van der Waals surface area contributed by atoms with Crippen LogP contribution in [0, 0.1) is 0 Å². The molecule has 0 aromatic heterocycles. The van der Waals surface area contributed by atoms with E-state index >= 15 is 0 Å². The molecule has 0 fully saturated rings. The van der Waals surface area contributed by atoms with Gasteiger partial charge in [0.25, 0.3) is 0 Å². The molecule has 4 heteroatoms. The molecule has 0 saturated heterocycles. The summed E-state index contributed by atoms with van der Waals surface area (Å²) in [4.78, 5) is 12.8. The highest BCUT2D eigenvalue weighted by Gasteiger charge is 2.18. The van der Waals surface area contributed by atoms with Crippen LogP contribution >= 0.6 is 0 Å². The third-order valence-corrected chi connectivity index (χ3v) is 2.28. The molecule has 0 amide bonds. The number of methoxy groups -OCH3 is 1. The van der Waals surface area contributed by atoms with Gasteiger partial charge in [0.1, 0.15) is 0 Å². The first-order chi connectivity index (χ1) is 6.40. The van der Waals surface area contributed by atoms with Crippen LogP contribution in [0.1, 0.15) is 13.8 Å².